The third-order valence-electron chi connectivity index (χ3n) is 1.92. The van der Waals surface area contributed by atoms with Crippen molar-refractivity contribution in [2.45, 2.75) is 6.92 Å². The Hall–Kier alpha value is -1.29. The molecule has 2 rings (SSSR count). The van der Waals surface area contributed by atoms with Crippen molar-refractivity contribution in [2.24, 2.45) is 0 Å². The van der Waals surface area contributed by atoms with Gasteiger partial charge in [-0.2, -0.15) is 0 Å². The third-order valence-corrected chi connectivity index (χ3v) is 2.96. The minimum absolute atomic E-state index is 0.00546. The van der Waals surface area contributed by atoms with Gasteiger partial charge in [0.25, 0.3) is 0 Å². The monoisotopic (exact) mass is 196 g/mol. The number of rotatable bonds is 1. The van der Waals surface area contributed by atoms with Crippen molar-refractivity contribution in [1.29, 1.82) is 0 Å². The summed E-state index contributed by atoms with van der Waals surface area (Å²) in [4.78, 5) is 12.0. The van der Waals surface area contributed by atoms with Crippen LogP contribution in [0.5, 0.6) is 0 Å². The molecule has 1 N–H and O–H groups in total. The van der Waals surface area contributed by atoms with Crippen LogP contribution < -0.4 is 0 Å². The van der Waals surface area contributed by atoms with E-state index >= 15 is 0 Å². The fourth-order valence-electron chi connectivity index (χ4n) is 1.25. The number of hydrogen-bond donors (Lipinski definition) is 1. The molecule has 0 spiro atoms. The van der Waals surface area contributed by atoms with Crippen LogP contribution in [-0.4, -0.2) is 17.7 Å². The maximum Gasteiger partial charge on any atom is 0.343 e. The molecule has 1 aromatic rings. The van der Waals surface area contributed by atoms with Crippen LogP contribution in [0.1, 0.15) is 10.4 Å². The Bertz CT molecular complexity index is 389. The molecule has 0 radical (unpaired) electrons. The molecule has 0 unspecified atom stereocenters. The zero-order chi connectivity index (χ0) is 9.42. The lowest BCUT2D eigenvalue weighted by molar-refractivity contribution is -0.134. The summed E-state index contributed by atoms with van der Waals surface area (Å²) >= 11 is 1.44. The number of ether oxygens (including phenoxy) is 1. The van der Waals surface area contributed by atoms with Crippen LogP contribution in [0, 0.1) is 6.92 Å². The average Bonchev–Trinajstić information content (AvgIpc) is 2.60. The zero-order valence-electron chi connectivity index (χ0n) is 7.03. The van der Waals surface area contributed by atoms with E-state index in [0.717, 1.165) is 10.4 Å². The van der Waals surface area contributed by atoms with E-state index in [1.807, 2.05) is 18.4 Å². The molecule has 0 fully saturated rings. The van der Waals surface area contributed by atoms with E-state index in [2.05, 4.69) is 0 Å². The lowest BCUT2D eigenvalue weighted by Gasteiger charge is -1.96. The Morgan fingerprint density at radius 3 is 2.85 bits per heavy atom. The number of hydrogen-bond acceptors (Lipinski definition) is 4. The Kier molecular flexibility index (Phi) is 1.84. The predicted octanol–water partition coefficient (Wildman–Crippen LogP) is 1.88. The van der Waals surface area contributed by atoms with Gasteiger partial charge >= 0.3 is 5.97 Å². The minimum atomic E-state index is -0.428. The molecule has 2 heterocycles. The smallest absolute Gasteiger partial charge is 0.343 e. The number of aryl methyl sites for hydroxylation is 1. The van der Waals surface area contributed by atoms with Crippen LogP contribution in [0.25, 0.3) is 5.57 Å². The van der Waals surface area contributed by atoms with Gasteiger partial charge in [-0.05, 0) is 23.9 Å². The summed E-state index contributed by atoms with van der Waals surface area (Å²) in [6, 6.07) is 1.91. The summed E-state index contributed by atoms with van der Waals surface area (Å²) < 4.78 is 4.70. The van der Waals surface area contributed by atoms with Crippen molar-refractivity contribution in [3.05, 3.63) is 27.6 Å². The number of aliphatic hydroxyl groups is 1. The highest BCUT2D eigenvalue weighted by Gasteiger charge is 2.27. The highest BCUT2D eigenvalue weighted by atomic mass is 32.1. The topological polar surface area (TPSA) is 46.5 Å². The average molecular weight is 196 g/mol. The summed E-state index contributed by atoms with van der Waals surface area (Å²) in [5.74, 6) is -0.390. The molecule has 0 aromatic carbocycles. The quantitative estimate of drug-likeness (QED) is 0.697. The molecule has 0 atom stereocenters. The van der Waals surface area contributed by atoms with Gasteiger partial charge in [-0.25, -0.2) is 4.79 Å². The Balaban J connectivity index is 2.52. The lowest BCUT2D eigenvalue weighted by Crippen LogP contribution is -1.97. The predicted molar refractivity (Wildman–Crippen MR) is 49.6 cm³/mol. The summed E-state index contributed by atoms with van der Waals surface area (Å²) in [7, 11) is 0. The summed E-state index contributed by atoms with van der Waals surface area (Å²) in [6.45, 7) is 1.91. The number of carbonyl (C=O) groups excluding carboxylic acids is 1. The van der Waals surface area contributed by atoms with Gasteiger partial charge in [0.2, 0.25) is 0 Å². The summed E-state index contributed by atoms with van der Waals surface area (Å²) in [6.07, 6.45) is 0. The van der Waals surface area contributed by atoms with Crippen molar-refractivity contribution < 1.29 is 14.6 Å². The van der Waals surface area contributed by atoms with Gasteiger partial charge in [-0.3, -0.25) is 0 Å². The van der Waals surface area contributed by atoms with Crippen LogP contribution in [-0.2, 0) is 9.53 Å². The molecule has 68 valence electrons. The summed E-state index contributed by atoms with van der Waals surface area (Å²) in [5.41, 5.74) is 1.32. The maximum atomic E-state index is 11.2. The Morgan fingerprint density at radius 1 is 1.62 bits per heavy atom. The number of carbonyl (C=O) groups is 1. The molecule has 1 aromatic heterocycles. The van der Waals surface area contributed by atoms with Gasteiger partial charge in [-0.1, -0.05) is 0 Å². The second kappa shape index (κ2) is 2.88. The van der Waals surface area contributed by atoms with Crippen molar-refractivity contribution >= 4 is 22.9 Å². The van der Waals surface area contributed by atoms with E-state index in [0.29, 0.717) is 5.57 Å². The molecule has 1 aliphatic heterocycles. The molecule has 13 heavy (non-hydrogen) atoms. The second-order valence-corrected chi connectivity index (χ2v) is 3.75. The molecule has 3 nitrogen and oxygen atoms in total. The molecular weight excluding hydrogens is 188 g/mol. The van der Waals surface area contributed by atoms with E-state index in [1.165, 1.54) is 11.3 Å². The standard InChI is InChI=1S/C9H8O3S/c1-5-2-3-13-8(5)7-6(10)4-12-9(7)11/h2-3,10H,4H2,1H3. The van der Waals surface area contributed by atoms with Crippen LogP contribution in [0.3, 0.4) is 0 Å². The van der Waals surface area contributed by atoms with Gasteiger partial charge in [0.05, 0.1) is 0 Å². The van der Waals surface area contributed by atoms with E-state index in [-0.39, 0.29) is 12.4 Å². The van der Waals surface area contributed by atoms with Gasteiger partial charge in [0.1, 0.15) is 17.9 Å². The molecule has 0 bridgehead atoms. The highest BCUT2D eigenvalue weighted by Crippen LogP contribution is 2.30. The van der Waals surface area contributed by atoms with Gasteiger partial charge in [0, 0.05) is 4.88 Å². The first-order chi connectivity index (χ1) is 6.20. The van der Waals surface area contributed by atoms with Crippen molar-refractivity contribution in [3.8, 4) is 0 Å². The SMILES string of the molecule is Cc1ccsc1C1=C(O)COC1=O. The molecule has 0 saturated carbocycles. The van der Waals surface area contributed by atoms with Crippen LogP contribution >= 0.6 is 11.3 Å². The molecule has 4 heteroatoms. The first kappa shape index (κ1) is 8.31. The van der Waals surface area contributed by atoms with Crippen molar-refractivity contribution in [1.82, 2.24) is 0 Å². The minimum Gasteiger partial charge on any atom is -0.508 e. The number of thiophene rings is 1. The van der Waals surface area contributed by atoms with Gasteiger partial charge in [0.15, 0.2) is 0 Å². The fourth-order valence-corrected chi connectivity index (χ4v) is 2.23. The molecule has 1 aliphatic rings. The van der Waals surface area contributed by atoms with Gasteiger partial charge in [-0.15, -0.1) is 11.3 Å². The second-order valence-electron chi connectivity index (χ2n) is 2.83. The third kappa shape index (κ3) is 1.23. The van der Waals surface area contributed by atoms with E-state index in [4.69, 9.17) is 4.74 Å². The molecule has 0 amide bonds. The molecule has 0 aliphatic carbocycles. The first-order valence-electron chi connectivity index (χ1n) is 3.84. The molecule has 0 saturated heterocycles. The van der Waals surface area contributed by atoms with Crippen molar-refractivity contribution in [2.75, 3.05) is 6.61 Å². The number of aliphatic hydroxyl groups excluding tert-OH is 1. The summed E-state index contributed by atoms with van der Waals surface area (Å²) in [5, 5.41) is 11.3. The fraction of sp³-hybridized carbons (Fsp3) is 0.222. The maximum absolute atomic E-state index is 11.2. The van der Waals surface area contributed by atoms with E-state index in [9.17, 15) is 9.90 Å². The van der Waals surface area contributed by atoms with Gasteiger partial charge < -0.3 is 9.84 Å². The Labute approximate surface area is 79.3 Å². The number of esters is 1. The first-order valence-corrected chi connectivity index (χ1v) is 4.72. The van der Waals surface area contributed by atoms with Crippen molar-refractivity contribution in [3.63, 3.8) is 0 Å². The van der Waals surface area contributed by atoms with Crippen LogP contribution in [0.2, 0.25) is 0 Å². The van der Waals surface area contributed by atoms with Crippen LogP contribution in [0.15, 0.2) is 17.2 Å². The highest BCUT2D eigenvalue weighted by molar-refractivity contribution is 7.11. The Morgan fingerprint density at radius 2 is 2.38 bits per heavy atom. The normalized spacial score (nSPS) is 16.5. The largest absolute Gasteiger partial charge is 0.508 e. The van der Waals surface area contributed by atoms with Crippen LogP contribution in [0.4, 0.5) is 0 Å². The zero-order valence-corrected chi connectivity index (χ0v) is 7.85. The molecular formula is C9H8O3S. The number of cyclic esters (lactones) is 1. The van der Waals surface area contributed by atoms with E-state index in [1.54, 1.807) is 0 Å². The lowest BCUT2D eigenvalue weighted by atomic mass is 10.1. The van der Waals surface area contributed by atoms with E-state index < -0.39 is 5.97 Å².